The van der Waals surface area contributed by atoms with Crippen LogP contribution >= 0.6 is 0 Å². The maximum atomic E-state index is 13.0. The number of hydrogen-bond acceptors (Lipinski definition) is 3. The molecule has 0 aromatic heterocycles. The molecule has 5 rings (SSSR count). The fourth-order valence-electron chi connectivity index (χ4n) is 3.82. The molecule has 0 saturated carbocycles. The van der Waals surface area contributed by atoms with Crippen molar-refractivity contribution in [1.82, 2.24) is 9.80 Å². The second-order valence-electron chi connectivity index (χ2n) is 7.03. The van der Waals surface area contributed by atoms with E-state index in [4.69, 9.17) is 4.74 Å². The molecule has 3 fully saturated rings. The Hall–Kier alpha value is -2.82. The maximum absolute atomic E-state index is 13.0. The quantitative estimate of drug-likeness (QED) is 0.854. The van der Waals surface area contributed by atoms with Gasteiger partial charge < -0.3 is 14.5 Å². The SMILES string of the molecule is CN1C(=O)[C@@H]2CC[C@H]1CN(C(=O)c1cccc(Oc3ccccc3)c1)C2. The van der Waals surface area contributed by atoms with Crippen LogP contribution in [-0.2, 0) is 4.79 Å². The molecule has 0 radical (unpaired) electrons. The molecule has 0 unspecified atom stereocenters. The summed E-state index contributed by atoms with van der Waals surface area (Å²) in [7, 11) is 1.85. The van der Waals surface area contributed by atoms with Gasteiger partial charge in [-0.2, -0.15) is 0 Å². The third-order valence-electron chi connectivity index (χ3n) is 5.31. The zero-order chi connectivity index (χ0) is 18.1. The summed E-state index contributed by atoms with van der Waals surface area (Å²) in [5.41, 5.74) is 0.592. The topological polar surface area (TPSA) is 49.9 Å². The Morgan fingerprint density at radius 3 is 2.58 bits per heavy atom. The van der Waals surface area contributed by atoms with Gasteiger partial charge in [0, 0.05) is 31.7 Å². The number of fused-ring (bicyclic) bond motifs is 4. The van der Waals surface area contributed by atoms with Crippen molar-refractivity contribution in [3.63, 3.8) is 0 Å². The van der Waals surface area contributed by atoms with Crippen molar-refractivity contribution in [1.29, 1.82) is 0 Å². The lowest BCUT2D eigenvalue weighted by Crippen LogP contribution is -2.45. The van der Waals surface area contributed by atoms with Gasteiger partial charge >= 0.3 is 0 Å². The predicted molar refractivity (Wildman–Crippen MR) is 98.1 cm³/mol. The third kappa shape index (κ3) is 3.17. The Morgan fingerprint density at radius 2 is 1.77 bits per heavy atom. The van der Waals surface area contributed by atoms with Crippen molar-refractivity contribution in [3.05, 3.63) is 60.2 Å². The molecule has 0 N–H and O–H groups in total. The molecule has 3 heterocycles. The molecule has 2 aromatic rings. The number of rotatable bonds is 3. The number of carbonyl (C=O) groups is 2. The van der Waals surface area contributed by atoms with E-state index < -0.39 is 0 Å². The Labute approximate surface area is 153 Å². The van der Waals surface area contributed by atoms with E-state index in [-0.39, 0.29) is 23.8 Å². The highest BCUT2D eigenvalue weighted by Gasteiger charge is 2.40. The van der Waals surface area contributed by atoms with Gasteiger partial charge in [-0.1, -0.05) is 24.3 Å². The summed E-state index contributed by atoms with van der Waals surface area (Å²) < 4.78 is 5.84. The minimum absolute atomic E-state index is 0.0384. The lowest BCUT2D eigenvalue weighted by molar-refractivity contribution is -0.138. The van der Waals surface area contributed by atoms with Gasteiger partial charge in [0.1, 0.15) is 11.5 Å². The van der Waals surface area contributed by atoms with E-state index in [1.807, 2.05) is 59.3 Å². The smallest absolute Gasteiger partial charge is 0.254 e. The summed E-state index contributed by atoms with van der Waals surface area (Å²) in [6, 6.07) is 16.9. The van der Waals surface area contributed by atoms with Gasteiger partial charge in [0.15, 0.2) is 0 Å². The number of likely N-dealkylation sites (N-methyl/N-ethyl adjacent to an activating group) is 1. The van der Waals surface area contributed by atoms with Gasteiger partial charge in [-0.15, -0.1) is 0 Å². The van der Waals surface area contributed by atoms with Crippen molar-refractivity contribution in [2.75, 3.05) is 20.1 Å². The first-order chi connectivity index (χ1) is 12.6. The van der Waals surface area contributed by atoms with Gasteiger partial charge in [-0.05, 0) is 43.2 Å². The first kappa shape index (κ1) is 16.6. The first-order valence-electron chi connectivity index (χ1n) is 9.01. The van der Waals surface area contributed by atoms with Crippen LogP contribution in [0.2, 0.25) is 0 Å². The lowest BCUT2D eigenvalue weighted by Gasteiger charge is -2.32. The molecule has 2 aromatic carbocycles. The predicted octanol–water partition coefficient (Wildman–Crippen LogP) is 3.17. The highest BCUT2D eigenvalue weighted by molar-refractivity contribution is 5.95. The molecular weight excluding hydrogens is 328 g/mol. The van der Waals surface area contributed by atoms with Crippen molar-refractivity contribution in [2.24, 2.45) is 5.92 Å². The molecule has 3 aliphatic rings. The molecule has 0 aliphatic carbocycles. The van der Waals surface area contributed by atoms with E-state index >= 15 is 0 Å². The number of ether oxygens (including phenoxy) is 1. The van der Waals surface area contributed by atoms with Gasteiger partial charge in [-0.3, -0.25) is 9.59 Å². The average molecular weight is 350 g/mol. The standard InChI is InChI=1S/C21H22N2O3/c1-22-17-11-10-16(20(22)24)13-23(14-17)21(25)15-6-5-9-19(12-15)26-18-7-3-2-4-8-18/h2-9,12,16-17H,10-11,13-14H2,1H3/t16-,17+/m1/s1. The van der Waals surface area contributed by atoms with Crippen LogP contribution in [0.1, 0.15) is 23.2 Å². The molecule has 3 saturated heterocycles. The van der Waals surface area contributed by atoms with E-state index in [1.165, 1.54) is 0 Å². The highest BCUT2D eigenvalue weighted by atomic mass is 16.5. The Balaban J connectivity index is 1.53. The van der Waals surface area contributed by atoms with Crippen molar-refractivity contribution in [2.45, 2.75) is 18.9 Å². The number of nitrogens with zero attached hydrogens (tertiary/aromatic N) is 2. The van der Waals surface area contributed by atoms with Crippen LogP contribution in [-0.4, -0.2) is 47.8 Å². The van der Waals surface area contributed by atoms with Crippen LogP contribution in [0.5, 0.6) is 11.5 Å². The first-order valence-corrected chi connectivity index (χ1v) is 9.01. The second kappa shape index (κ2) is 6.83. The molecule has 2 amide bonds. The van der Waals surface area contributed by atoms with Gasteiger partial charge in [0.25, 0.3) is 5.91 Å². The molecular formula is C21H22N2O3. The number of para-hydroxylation sites is 1. The molecule has 3 aliphatic heterocycles. The number of carbonyl (C=O) groups excluding carboxylic acids is 2. The average Bonchev–Trinajstić information content (AvgIpc) is 2.95. The molecule has 5 heteroatoms. The van der Waals surface area contributed by atoms with Gasteiger partial charge in [0.05, 0.1) is 5.92 Å². The van der Waals surface area contributed by atoms with E-state index in [2.05, 4.69) is 0 Å². The number of benzene rings is 2. The largest absolute Gasteiger partial charge is 0.457 e. The van der Waals surface area contributed by atoms with E-state index in [0.717, 1.165) is 18.6 Å². The Morgan fingerprint density at radius 1 is 1.00 bits per heavy atom. The molecule has 26 heavy (non-hydrogen) atoms. The van der Waals surface area contributed by atoms with Gasteiger partial charge in [0.2, 0.25) is 5.91 Å². The molecule has 134 valence electrons. The van der Waals surface area contributed by atoms with Crippen LogP contribution in [0.15, 0.2) is 54.6 Å². The molecule has 2 atom stereocenters. The Bertz CT molecular complexity index is 821. The Kier molecular flexibility index (Phi) is 4.37. The van der Waals surface area contributed by atoms with E-state index in [0.29, 0.717) is 24.4 Å². The molecule has 5 nitrogen and oxygen atoms in total. The number of piperidine rings is 1. The minimum Gasteiger partial charge on any atom is -0.457 e. The zero-order valence-corrected chi connectivity index (χ0v) is 14.8. The number of hydrogen-bond donors (Lipinski definition) is 0. The van der Waals surface area contributed by atoms with Crippen LogP contribution in [0.25, 0.3) is 0 Å². The van der Waals surface area contributed by atoms with Crippen LogP contribution in [0.3, 0.4) is 0 Å². The minimum atomic E-state index is -0.0774. The summed E-state index contributed by atoms with van der Waals surface area (Å²) in [5, 5.41) is 0. The fourth-order valence-corrected chi connectivity index (χ4v) is 3.82. The van der Waals surface area contributed by atoms with Crippen molar-refractivity contribution < 1.29 is 14.3 Å². The van der Waals surface area contributed by atoms with Crippen molar-refractivity contribution in [3.8, 4) is 11.5 Å². The van der Waals surface area contributed by atoms with E-state index in [9.17, 15) is 9.59 Å². The highest BCUT2D eigenvalue weighted by Crippen LogP contribution is 2.29. The summed E-state index contributed by atoms with van der Waals surface area (Å²) in [4.78, 5) is 29.0. The van der Waals surface area contributed by atoms with Gasteiger partial charge in [-0.25, -0.2) is 0 Å². The normalized spacial score (nSPS) is 22.3. The monoisotopic (exact) mass is 350 g/mol. The van der Waals surface area contributed by atoms with Crippen LogP contribution in [0, 0.1) is 5.92 Å². The third-order valence-corrected chi connectivity index (χ3v) is 5.31. The summed E-state index contributed by atoms with van der Waals surface area (Å²) in [5.74, 6) is 1.41. The maximum Gasteiger partial charge on any atom is 0.254 e. The lowest BCUT2D eigenvalue weighted by atomic mass is 9.95. The summed E-state index contributed by atoms with van der Waals surface area (Å²) in [6.07, 6.45) is 1.84. The second-order valence-corrected chi connectivity index (χ2v) is 7.03. The zero-order valence-electron chi connectivity index (χ0n) is 14.8. The molecule has 0 spiro atoms. The fraction of sp³-hybridized carbons (Fsp3) is 0.333. The van der Waals surface area contributed by atoms with E-state index in [1.54, 1.807) is 12.1 Å². The number of amides is 2. The van der Waals surface area contributed by atoms with Crippen molar-refractivity contribution >= 4 is 11.8 Å². The summed E-state index contributed by atoms with van der Waals surface area (Å²) in [6.45, 7) is 1.10. The van der Waals surface area contributed by atoms with Crippen LogP contribution in [0.4, 0.5) is 0 Å². The molecule has 2 bridgehead atoms. The van der Waals surface area contributed by atoms with Crippen LogP contribution < -0.4 is 4.74 Å². The summed E-state index contributed by atoms with van der Waals surface area (Å²) >= 11 is 0.